The maximum atomic E-state index is 5.26. The van der Waals surface area contributed by atoms with Gasteiger partial charge in [-0.25, -0.2) is 0 Å². The lowest BCUT2D eigenvalue weighted by atomic mass is 9.84. The zero-order valence-electron chi connectivity index (χ0n) is 13.2. The standard InChI is InChI=1S/C19H25NO/c1-19(2,18-11-5-4-6-12-18)15-20-13-16-9-7-8-10-17(16)14-21-3/h4-12,20H,13-15H2,1-3H3. The van der Waals surface area contributed by atoms with Gasteiger partial charge < -0.3 is 10.1 Å². The first-order valence-corrected chi connectivity index (χ1v) is 7.45. The van der Waals surface area contributed by atoms with Crippen LogP contribution in [0.2, 0.25) is 0 Å². The SMILES string of the molecule is COCc1ccccc1CNCC(C)(C)c1ccccc1. The zero-order chi connectivity index (χ0) is 15.1. The summed E-state index contributed by atoms with van der Waals surface area (Å²) in [6, 6.07) is 19.1. The highest BCUT2D eigenvalue weighted by molar-refractivity contribution is 5.27. The van der Waals surface area contributed by atoms with E-state index >= 15 is 0 Å². The Bertz CT molecular complexity index is 549. The Labute approximate surface area is 128 Å². The van der Waals surface area contributed by atoms with Crippen LogP contribution >= 0.6 is 0 Å². The predicted octanol–water partition coefficient (Wildman–Crippen LogP) is 3.90. The van der Waals surface area contributed by atoms with Gasteiger partial charge in [-0.15, -0.1) is 0 Å². The maximum absolute atomic E-state index is 5.26. The van der Waals surface area contributed by atoms with E-state index in [1.165, 1.54) is 16.7 Å². The highest BCUT2D eigenvalue weighted by Crippen LogP contribution is 2.22. The molecule has 0 saturated carbocycles. The molecule has 0 unspecified atom stereocenters. The Morgan fingerprint density at radius 3 is 2.19 bits per heavy atom. The minimum atomic E-state index is 0.122. The lowest BCUT2D eigenvalue weighted by molar-refractivity contribution is 0.184. The van der Waals surface area contributed by atoms with Crippen LogP contribution in [0.4, 0.5) is 0 Å². The van der Waals surface area contributed by atoms with Gasteiger partial charge >= 0.3 is 0 Å². The molecule has 0 bridgehead atoms. The first-order chi connectivity index (χ1) is 10.1. The summed E-state index contributed by atoms with van der Waals surface area (Å²) in [4.78, 5) is 0. The average Bonchev–Trinajstić information content (AvgIpc) is 2.50. The zero-order valence-corrected chi connectivity index (χ0v) is 13.2. The summed E-state index contributed by atoms with van der Waals surface area (Å²) in [5.74, 6) is 0. The molecule has 0 atom stereocenters. The van der Waals surface area contributed by atoms with Gasteiger partial charge in [0.15, 0.2) is 0 Å². The molecule has 0 aromatic heterocycles. The van der Waals surface area contributed by atoms with Crippen LogP contribution in [0, 0.1) is 0 Å². The number of methoxy groups -OCH3 is 1. The van der Waals surface area contributed by atoms with E-state index in [0.717, 1.165) is 13.1 Å². The largest absolute Gasteiger partial charge is 0.380 e. The van der Waals surface area contributed by atoms with Crippen molar-refractivity contribution in [2.24, 2.45) is 0 Å². The van der Waals surface area contributed by atoms with Gasteiger partial charge in [-0.3, -0.25) is 0 Å². The highest BCUT2D eigenvalue weighted by Gasteiger charge is 2.19. The molecule has 0 saturated heterocycles. The molecule has 2 rings (SSSR count). The molecule has 2 nitrogen and oxygen atoms in total. The lowest BCUT2D eigenvalue weighted by Gasteiger charge is -2.26. The van der Waals surface area contributed by atoms with Crippen LogP contribution in [0.1, 0.15) is 30.5 Å². The van der Waals surface area contributed by atoms with Crippen molar-refractivity contribution in [3.63, 3.8) is 0 Å². The predicted molar refractivity (Wildman–Crippen MR) is 88.3 cm³/mol. The molecule has 0 aliphatic heterocycles. The van der Waals surface area contributed by atoms with Crippen LogP contribution in [0.25, 0.3) is 0 Å². The summed E-state index contributed by atoms with van der Waals surface area (Å²) in [6.45, 7) is 7.03. The first kappa shape index (κ1) is 15.7. The number of rotatable bonds is 7. The van der Waals surface area contributed by atoms with Gasteiger partial charge in [0.05, 0.1) is 6.61 Å². The second kappa shape index (κ2) is 7.39. The summed E-state index contributed by atoms with van der Waals surface area (Å²) in [5.41, 5.74) is 4.05. The molecule has 0 radical (unpaired) electrons. The van der Waals surface area contributed by atoms with E-state index in [0.29, 0.717) is 6.61 Å². The lowest BCUT2D eigenvalue weighted by Crippen LogP contribution is -2.32. The fraction of sp³-hybridized carbons (Fsp3) is 0.368. The Kier molecular flexibility index (Phi) is 5.54. The van der Waals surface area contributed by atoms with Crippen molar-refractivity contribution in [1.29, 1.82) is 0 Å². The second-order valence-electron chi connectivity index (χ2n) is 6.06. The fourth-order valence-corrected chi connectivity index (χ4v) is 2.53. The summed E-state index contributed by atoms with van der Waals surface area (Å²) in [5, 5.41) is 3.58. The minimum absolute atomic E-state index is 0.122. The number of nitrogens with one attached hydrogen (secondary N) is 1. The van der Waals surface area contributed by atoms with E-state index < -0.39 is 0 Å². The monoisotopic (exact) mass is 283 g/mol. The van der Waals surface area contributed by atoms with Gasteiger partial charge in [-0.1, -0.05) is 68.4 Å². The molecule has 0 aliphatic carbocycles. The topological polar surface area (TPSA) is 21.3 Å². The minimum Gasteiger partial charge on any atom is -0.380 e. The smallest absolute Gasteiger partial charge is 0.0716 e. The Balaban J connectivity index is 1.95. The molecule has 0 aliphatic rings. The van der Waals surface area contributed by atoms with E-state index in [1.54, 1.807) is 7.11 Å². The van der Waals surface area contributed by atoms with Crippen molar-refractivity contribution in [2.75, 3.05) is 13.7 Å². The molecule has 2 aromatic rings. The van der Waals surface area contributed by atoms with E-state index in [9.17, 15) is 0 Å². The quantitative estimate of drug-likeness (QED) is 0.832. The van der Waals surface area contributed by atoms with Crippen LogP contribution in [0.15, 0.2) is 54.6 Å². The third-order valence-electron chi connectivity index (χ3n) is 3.86. The molecule has 2 heteroatoms. The maximum Gasteiger partial charge on any atom is 0.0716 e. The first-order valence-electron chi connectivity index (χ1n) is 7.45. The summed E-state index contributed by atoms with van der Waals surface area (Å²) in [7, 11) is 1.74. The number of hydrogen-bond acceptors (Lipinski definition) is 2. The Morgan fingerprint density at radius 1 is 0.905 bits per heavy atom. The van der Waals surface area contributed by atoms with Crippen molar-refractivity contribution in [3.05, 3.63) is 71.3 Å². The second-order valence-corrected chi connectivity index (χ2v) is 6.06. The summed E-state index contributed by atoms with van der Waals surface area (Å²) in [6.07, 6.45) is 0. The summed E-state index contributed by atoms with van der Waals surface area (Å²) >= 11 is 0. The molecule has 2 aromatic carbocycles. The van der Waals surface area contributed by atoms with E-state index in [4.69, 9.17) is 4.74 Å². The van der Waals surface area contributed by atoms with Gasteiger partial charge in [0, 0.05) is 25.6 Å². The van der Waals surface area contributed by atoms with E-state index in [2.05, 4.69) is 73.8 Å². The normalized spacial score (nSPS) is 11.6. The highest BCUT2D eigenvalue weighted by atomic mass is 16.5. The molecular weight excluding hydrogens is 258 g/mol. The molecule has 112 valence electrons. The number of ether oxygens (including phenoxy) is 1. The van der Waals surface area contributed by atoms with Gasteiger partial charge in [0.1, 0.15) is 0 Å². The average molecular weight is 283 g/mol. The Hall–Kier alpha value is -1.64. The molecule has 1 N–H and O–H groups in total. The molecule has 0 heterocycles. The van der Waals surface area contributed by atoms with Gasteiger partial charge in [-0.05, 0) is 16.7 Å². The molecular formula is C19H25NO. The third-order valence-corrected chi connectivity index (χ3v) is 3.86. The van der Waals surface area contributed by atoms with Crippen LogP contribution in [0.5, 0.6) is 0 Å². The third kappa shape index (κ3) is 4.42. The van der Waals surface area contributed by atoms with Gasteiger partial charge in [0.25, 0.3) is 0 Å². The van der Waals surface area contributed by atoms with Gasteiger partial charge in [0.2, 0.25) is 0 Å². The Morgan fingerprint density at radius 2 is 1.52 bits per heavy atom. The van der Waals surface area contributed by atoms with Crippen LogP contribution in [-0.2, 0) is 23.3 Å². The van der Waals surface area contributed by atoms with Crippen LogP contribution in [0.3, 0.4) is 0 Å². The number of benzene rings is 2. The van der Waals surface area contributed by atoms with Crippen molar-refractivity contribution in [3.8, 4) is 0 Å². The summed E-state index contributed by atoms with van der Waals surface area (Å²) < 4.78 is 5.26. The van der Waals surface area contributed by atoms with Crippen molar-refractivity contribution >= 4 is 0 Å². The van der Waals surface area contributed by atoms with E-state index in [-0.39, 0.29) is 5.41 Å². The van der Waals surface area contributed by atoms with Crippen molar-refractivity contribution in [1.82, 2.24) is 5.32 Å². The van der Waals surface area contributed by atoms with Crippen molar-refractivity contribution in [2.45, 2.75) is 32.4 Å². The molecule has 0 fully saturated rings. The van der Waals surface area contributed by atoms with Gasteiger partial charge in [-0.2, -0.15) is 0 Å². The molecule has 0 amide bonds. The molecule has 21 heavy (non-hydrogen) atoms. The van der Waals surface area contributed by atoms with Crippen molar-refractivity contribution < 1.29 is 4.74 Å². The van der Waals surface area contributed by atoms with Crippen LogP contribution in [-0.4, -0.2) is 13.7 Å². The van der Waals surface area contributed by atoms with E-state index in [1.807, 2.05) is 0 Å². The fourth-order valence-electron chi connectivity index (χ4n) is 2.53. The number of hydrogen-bond donors (Lipinski definition) is 1. The van der Waals surface area contributed by atoms with Crippen LogP contribution < -0.4 is 5.32 Å². The molecule has 0 spiro atoms.